The number of rotatable bonds is 3. The first-order chi connectivity index (χ1) is 22.8. The fourth-order valence-electron chi connectivity index (χ4n) is 7.52. The highest BCUT2D eigenvalue weighted by molar-refractivity contribution is 6.26. The molecule has 0 fully saturated rings. The van der Waals surface area contributed by atoms with E-state index in [1.807, 2.05) is 18.2 Å². The van der Waals surface area contributed by atoms with Gasteiger partial charge < -0.3 is 8.83 Å². The smallest absolute Gasteiger partial charge is 0.147 e. The molecule has 10 rings (SSSR count). The summed E-state index contributed by atoms with van der Waals surface area (Å²) in [4.78, 5) is 0. The zero-order valence-electron chi connectivity index (χ0n) is 24.8. The first-order valence-electron chi connectivity index (χ1n) is 15.7. The first-order valence-corrected chi connectivity index (χ1v) is 15.7. The summed E-state index contributed by atoms with van der Waals surface area (Å²) < 4.78 is 13.1. The van der Waals surface area contributed by atoms with Crippen LogP contribution in [0.4, 0.5) is 0 Å². The summed E-state index contributed by atoms with van der Waals surface area (Å²) in [5.41, 5.74) is 10.6. The molecule has 0 spiro atoms. The van der Waals surface area contributed by atoms with E-state index < -0.39 is 0 Å². The van der Waals surface area contributed by atoms with Crippen molar-refractivity contribution in [3.63, 3.8) is 0 Å². The van der Waals surface area contributed by atoms with Gasteiger partial charge in [-0.3, -0.25) is 0 Å². The molecule has 0 radical (unpaired) electrons. The highest BCUT2D eigenvalue weighted by Crippen LogP contribution is 2.47. The van der Waals surface area contributed by atoms with Gasteiger partial charge in [-0.2, -0.15) is 0 Å². The van der Waals surface area contributed by atoms with Crippen molar-refractivity contribution < 1.29 is 8.83 Å². The van der Waals surface area contributed by atoms with E-state index in [9.17, 15) is 0 Å². The van der Waals surface area contributed by atoms with Crippen LogP contribution in [0.15, 0.2) is 167 Å². The lowest BCUT2D eigenvalue weighted by molar-refractivity contribution is 0.663. The molecule has 0 unspecified atom stereocenters. The van der Waals surface area contributed by atoms with E-state index in [1.54, 1.807) is 0 Å². The summed E-state index contributed by atoms with van der Waals surface area (Å²) in [5.74, 6) is 0. The van der Waals surface area contributed by atoms with Gasteiger partial charge in [-0.15, -0.1) is 0 Å². The number of furan rings is 2. The van der Waals surface area contributed by atoms with Crippen molar-refractivity contribution in [1.82, 2.24) is 0 Å². The normalized spacial score (nSPS) is 11.9. The average Bonchev–Trinajstić information content (AvgIpc) is 3.69. The highest BCUT2D eigenvalue weighted by atomic mass is 16.3. The van der Waals surface area contributed by atoms with Crippen molar-refractivity contribution >= 4 is 65.4 Å². The molecule has 2 aromatic heterocycles. The van der Waals surface area contributed by atoms with Crippen molar-refractivity contribution in [2.75, 3.05) is 0 Å². The molecule has 0 aliphatic heterocycles. The Hall–Kier alpha value is -6.12. The highest BCUT2D eigenvalue weighted by Gasteiger charge is 2.22. The molecule has 0 bridgehead atoms. The minimum Gasteiger partial charge on any atom is -0.456 e. The maximum Gasteiger partial charge on any atom is 0.147 e. The summed E-state index contributed by atoms with van der Waals surface area (Å²) in [6.07, 6.45) is 0. The minimum atomic E-state index is 0.830. The molecule has 0 atom stereocenters. The lowest BCUT2D eigenvalue weighted by Gasteiger charge is -2.18. The van der Waals surface area contributed by atoms with Crippen LogP contribution in [0.2, 0.25) is 0 Å². The van der Waals surface area contributed by atoms with Gasteiger partial charge in [0.25, 0.3) is 0 Å². The fourth-order valence-corrected chi connectivity index (χ4v) is 7.52. The zero-order valence-corrected chi connectivity index (χ0v) is 24.8. The summed E-state index contributed by atoms with van der Waals surface area (Å²) >= 11 is 0. The third-order valence-corrected chi connectivity index (χ3v) is 9.45. The standard InChI is InChI=1S/C44H26O2/c1-2-13-27(14-3-1)40-30-17-4-6-19-32(30)41(33-20-7-5-18-31(33)40)29-16-12-15-28(25-29)36-26-39-43(35-22-9-10-23-37(35)45-39)44-42(36)34-21-8-11-24-38(34)46-44/h1-26H. The van der Waals surface area contributed by atoms with Crippen LogP contribution in [0.25, 0.3) is 98.8 Å². The predicted octanol–water partition coefficient (Wildman–Crippen LogP) is 12.8. The number of fused-ring (bicyclic) bond motifs is 9. The van der Waals surface area contributed by atoms with E-state index in [0.717, 1.165) is 55.0 Å². The Kier molecular flexibility index (Phi) is 5.31. The van der Waals surface area contributed by atoms with Gasteiger partial charge >= 0.3 is 0 Å². The van der Waals surface area contributed by atoms with Gasteiger partial charge in [-0.1, -0.05) is 133 Å². The molecule has 0 saturated heterocycles. The van der Waals surface area contributed by atoms with Crippen molar-refractivity contribution in [2.45, 2.75) is 0 Å². The van der Waals surface area contributed by atoms with Crippen LogP contribution in [0, 0.1) is 0 Å². The maximum absolute atomic E-state index is 6.62. The van der Waals surface area contributed by atoms with Crippen molar-refractivity contribution in [1.29, 1.82) is 0 Å². The van der Waals surface area contributed by atoms with E-state index >= 15 is 0 Å². The molecule has 0 aliphatic rings. The summed E-state index contributed by atoms with van der Waals surface area (Å²) in [6.45, 7) is 0. The van der Waals surface area contributed by atoms with E-state index in [1.165, 1.54) is 43.8 Å². The van der Waals surface area contributed by atoms with Crippen LogP contribution in [-0.2, 0) is 0 Å². The predicted molar refractivity (Wildman–Crippen MR) is 192 cm³/mol. The molecule has 8 aromatic carbocycles. The molecule has 214 valence electrons. The molecule has 0 N–H and O–H groups in total. The number of benzene rings is 8. The molecule has 0 saturated carbocycles. The maximum atomic E-state index is 6.62. The SMILES string of the molecule is c1ccc(-c2c3ccccc3c(-c3cccc(-c4cc5oc6ccccc6c5c5oc6ccccc6c45)c3)c3ccccc23)cc1. The summed E-state index contributed by atoms with van der Waals surface area (Å²) in [6, 6.07) is 56.1. The average molecular weight is 587 g/mol. The number of para-hydroxylation sites is 2. The van der Waals surface area contributed by atoms with Crippen LogP contribution < -0.4 is 0 Å². The van der Waals surface area contributed by atoms with E-state index in [4.69, 9.17) is 8.83 Å². The van der Waals surface area contributed by atoms with Gasteiger partial charge in [-0.05, 0) is 79.2 Å². The zero-order chi connectivity index (χ0) is 30.2. The number of hydrogen-bond donors (Lipinski definition) is 0. The third kappa shape index (κ3) is 3.59. The van der Waals surface area contributed by atoms with E-state index in [0.29, 0.717) is 0 Å². The quantitative estimate of drug-likeness (QED) is 0.193. The topological polar surface area (TPSA) is 26.3 Å². The molecule has 46 heavy (non-hydrogen) atoms. The molecule has 2 heteroatoms. The Morgan fingerprint density at radius 2 is 0.783 bits per heavy atom. The second-order valence-corrected chi connectivity index (χ2v) is 12.0. The molecule has 0 amide bonds. The molecule has 0 aliphatic carbocycles. The molecule has 10 aromatic rings. The Bertz CT molecular complexity index is 2740. The van der Waals surface area contributed by atoms with Crippen LogP contribution in [0.1, 0.15) is 0 Å². The Labute approximate surface area is 264 Å². The molecule has 2 heterocycles. The van der Waals surface area contributed by atoms with Gasteiger partial charge in [0, 0.05) is 16.2 Å². The van der Waals surface area contributed by atoms with Gasteiger partial charge in [0.15, 0.2) is 0 Å². The second kappa shape index (κ2) is 9.69. The summed E-state index contributed by atoms with van der Waals surface area (Å²) in [5, 5.41) is 9.29. The van der Waals surface area contributed by atoms with Gasteiger partial charge in [0.05, 0.1) is 5.39 Å². The largest absolute Gasteiger partial charge is 0.456 e. The Balaban J connectivity index is 1.29. The Morgan fingerprint density at radius 1 is 0.304 bits per heavy atom. The molecular weight excluding hydrogens is 560 g/mol. The minimum absolute atomic E-state index is 0.830. The lowest BCUT2D eigenvalue weighted by atomic mass is 9.85. The lowest BCUT2D eigenvalue weighted by Crippen LogP contribution is -1.91. The number of hydrogen-bond acceptors (Lipinski definition) is 2. The van der Waals surface area contributed by atoms with Gasteiger partial charge in [0.1, 0.15) is 22.3 Å². The van der Waals surface area contributed by atoms with E-state index in [-0.39, 0.29) is 0 Å². The van der Waals surface area contributed by atoms with Crippen molar-refractivity contribution in [2.24, 2.45) is 0 Å². The van der Waals surface area contributed by atoms with Crippen LogP contribution in [0.5, 0.6) is 0 Å². The van der Waals surface area contributed by atoms with Crippen LogP contribution in [0.3, 0.4) is 0 Å². The monoisotopic (exact) mass is 586 g/mol. The van der Waals surface area contributed by atoms with Crippen molar-refractivity contribution in [3.8, 4) is 33.4 Å². The van der Waals surface area contributed by atoms with Gasteiger partial charge in [0.2, 0.25) is 0 Å². The van der Waals surface area contributed by atoms with Crippen molar-refractivity contribution in [3.05, 3.63) is 158 Å². The van der Waals surface area contributed by atoms with E-state index in [2.05, 4.69) is 140 Å². The third-order valence-electron chi connectivity index (χ3n) is 9.45. The van der Waals surface area contributed by atoms with Crippen LogP contribution in [-0.4, -0.2) is 0 Å². The summed E-state index contributed by atoms with van der Waals surface area (Å²) in [7, 11) is 0. The fraction of sp³-hybridized carbons (Fsp3) is 0. The Morgan fingerprint density at radius 3 is 1.43 bits per heavy atom. The molecule has 2 nitrogen and oxygen atoms in total. The van der Waals surface area contributed by atoms with Gasteiger partial charge in [-0.25, -0.2) is 0 Å². The first kappa shape index (κ1) is 25.2. The van der Waals surface area contributed by atoms with Crippen LogP contribution >= 0.6 is 0 Å². The molecular formula is C44H26O2. The second-order valence-electron chi connectivity index (χ2n) is 12.0.